The molecule has 1 aromatic heterocycles. The van der Waals surface area contributed by atoms with Gasteiger partial charge in [-0.15, -0.1) is 10.2 Å². The van der Waals surface area contributed by atoms with E-state index in [1.807, 2.05) is 18.2 Å². The first-order chi connectivity index (χ1) is 16.4. The van der Waals surface area contributed by atoms with Crippen molar-refractivity contribution >= 4 is 0 Å². The monoisotopic (exact) mass is 458 g/mol. The number of likely N-dealkylation sites (tertiary alicyclic amines) is 1. The van der Waals surface area contributed by atoms with Gasteiger partial charge in [-0.05, 0) is 54.7 Å². The summed E-state index contributed by atoms with van der Waals surface area (Å²) in [5, 5.41) is 7.62. The number of hydrogen-bond acceptors (Lipinski definition) is 3. The minimum absolute atomic E-state index is 0.0606. The Bertz CT molecular complexity index is 1180. The summed E-state index contributed by atoms with van der Waals surface area (Å²) in [6, 6.07) is 25.6. The lowest BCUT2D eigenvalue weighted by molar-refractivity contribution is 0.00813. The molecule has 1 fully saturated rings. The fourth-order valence-corrected chi connectivity index (χ4v) is 5.34. The fraction of sp³-hybridized carbons (Fsp3) is 0.286. The van der Waals surface area contributed by atoms with Gasteiger partial charge in [-0.1, -0.05) is 60.7 Å². The van der Waals surface area contributed by atoms with Gasteiger partial charge >= 0.3 is 0 Å². The van der Waals surface area contributed by atoms with Crippen LogP contribution in [-0.2, 0) is 0 Å². The zero-order valence-corrected chi connectivity index (χ0v) is 19.4. The molecule has 174 valence electrons. The summed E-state index contributed by atoms with van der Waals surface area (Å²) in [4.78, 5) is 2.38. The summed E-state index contributed by atoms with van der Waals surface area (Å²) < 4.78 is 31.9. The molecule has 0 spiro atoms. The van der Waals surface area contributed by atoms with Crippen molar-refractivity contribution in [1.29, 1.82) is 0 Å². The van der Waals surface area contributed by atoms with Crippen LogP contribution in [0.4, 0.5) is 8.78 Å². The van der Waals surface area contributed by atoms with Gasteiger partial charge in [0.15, 0.2) is 0 Å². The Kier molecular flexibility index (Phi) is 6.00. The maximum atomic E-state index is 15.6. The summed E-state index contributed by atoms with van der Waals surface area (Å²) in [6.45, 7) is 4.64. The molecule has 1 saturated heterocycles. The first-order valence-corrected chi connectivity index (χ1v) is 11.6. The van der Waals surface area contributed by atoms with Crippen LogP contribution in [0.5, 0.6) is 0 Å². The van der Waals surface area contributed by atoms with Crippen LogP contribution >= 0.6 is 0 Å². The highest BCUT2D eigenvalue weighted by molar-refractivity contribution is 5.40. The second-order valence-corrected chi connectivity index (χ2v) is 9.59. The molecule has 1 aliphatic rings. The molecule has 1 atom stereocenters. The average Bonchev–Trinajstić information content (AvgIpc) is 3.33. The number of hydrogen-bond donors (Lipinski definition) is 0. The Labute approximate surface area is 198 Å². The van der Waals surface area contributed by atoms with Gasteiger partial charge in [-0.3, -0.25) is 9.47 Å². The van der Waals surface area contributed by atoms with Crippen molar-refractivity contribution in [2.24, 2.45) is 5.92 Å². The SMILES string of the molecule is CC(C)(F)C(c1cc(F)cc(-n2cnnc2)c1)C1CN(C(c2ccccc2)c2ccccc2)C1. The molecule has 0 saturated carbocycles. The molecule has 0 aliphatic carbocycles. The van der Waals surface area contributed by atoms with Crippen molar-refractivity contribution in [2.45, 2.75) is 31.5 Å². The Balaban J connectivity index is 1.44. The van der Waals surface area contributed by atoms with E-state index in [1.165, 1.54) is 35.9 Å². The Hall–Kier alpha value is -3.38. The molecule has 6 heteroatoms. The van der Waals surface area contributed by atoms with E-state index in [0.717, 1.165) is 13.1 Å². The lowest BCUT2D eigenvalue weighted by Gasteiger charge is -2.50. The molecule has 0 N–H and O–H groups in total. The normalized spacial score (nSPS) is 15.9. The highest BCUT2D eigenvalue weighted by Crippen LogP contribution is 2.45. The molecule has 3 aromatic carbocycles. The molecule has 4 aromatic rings. The fourth-order valence-electron chi connectivity index (χ4n) is 5.34. The van der Waals surface area contributed by atoms with Crippen LogP contribution in [0.3, 0.4) is 0 Å². The van der Waals surface area contributed by atoms with E-state index in [1.54, 1.807) is 18.4 Å². The highest BCUT2D eigenvalue weighted by Gasteiger charge is 2.45. The van der Waals surface area contributed by atoms with E-state index in [4.69, 9.17) is 0 Å². The third-order valence-electron chi connectivity index (χ3n) is 6.73. The average molecular weight is 459 g/mol. The summed E-state index contributed by atoms with van der Waals surface area (Å²) in [5.74, 6) is -0.773. The smallest absolute Gasteiger partial charge is 0.125 e. The van der Waals surface area contributed by atoms with Crippen LogP contribution < -0.4 is 0 Å². The Morgan fingerprint density at radius 3 is 1.91 bits per heavy atom. The van der Waals surface area contributed by atoms with E-state index in [0.29, 0.717) is 11.3 Å². The van der Waals surface area contributed by atoms with Gasteiger partial charge in [-0.25, -0.2) is 8.78 Å². The van der Waals surface area contributed by atoms with Gasteiger partial charge in [0.1, 0.15) is 24.1 Å². The standard InChI is InChI=1S/C28H28F2N4/c1-28(2,30)26(22-13-24(29)15-25(14-22)34-18-31-32-19-34)23-16-33(17-23)27(20-9-5-3-6-10-20)21-11-7-4-8-12-21/h3-15,18-19,23,26-27H,16-17H2,1-2H3. The molecule has 0 bridgehead atoms. The number of alkyl halides is 1. The van der Waals surface area contributed by atoms with Crippen molar-refractivity contribution in [1.82, 2.24) is 19.7 Å². The van der Waals surface area contributed by atoms with E-state index < -0.39 is 17.4 Å². The predicted molar refractivity (Wildman–Crippen MR) is 129 cm³/mol. The van der Waals surface area contributed by atoms with Gasteiger partial charge < -0.3 is 0 Å². The molecule has 5 rings (SSSR count). The van der Waals surface area contributed by atoms with Crippen molar-refractivity contribution in [3.05, 3.63) is 114 Å². The van der Waals surface area contributed by atoms with Crippen LogP contribution in [0.2, 0.25) is 0 Å². The summed E-state index contributed by atoms with van der Waals surface area (Å²) in [7, 11) is 0. The van der Waals surface area contributed by atoms with E-state index in [-0.39, 0.29) is 12.0 Å². The molecule has 0 amide bonds. The van der Waals surface area contributed by atoms with E-state index in [9.17, 15) is 4.39 Å². The topological polar surface area (TPSA) is 34.0 Å². The van der Waals surface area contributed by atoms with Crippen molar-refractivity contribution in [3.63, 3.8) is 0 Å². The zero-order chi connectivity index (χ0) is 23.7. The van der Waals surface area contributed by atoms with Crippen LogP contribution in [0, 0.1) is 11.7 Å². The van der Waals surface area contributed by atoms with Gasteiger partial charge in [0.05, 0.1) is 11.7 Å². The van der Waals surface area contributed by atoms with E-state index >= 15 is 4.39 Å². The van der Waals surface area contributed by atoms with Gasteiger partial charge in [0.2, 0.25) is 0 Å². The van der Waals surface area contributed by atoms with Crippen LogP contribution in [0.15, 0.2) is 91.5 Å². The summed E-state index contributed by atoms with van der Waals surface area (Å²) >= 11 is 0. The number of benzene rings is 3. The minimum Gasteiger partial charge on any atom is -0.292 e. The van der Waals surface area contributed by atoms with Crippen LogP contribution in [0.25, 0.3) is 5.69 Å². The molecule has 2 heterocycles. The second kappa shape index (κ2) is 9.11. The Morgan fingerprint density at radius 2 is 1.38 bits per heavy atom. The Morgan fingerprint density at radius 1 is 0.824 bits per heavy atom. The first kappa shape index (κ1) is 22.4. The largest absolute Gasteiger partial charge is 0.292 e. The number of halogens is 2. The molecule has 4 nitrogen and oxygen atoms in total. The number of aromatic nitrogens is 3. The summed E-state index contributed by atoms with van der Waals surface area (Å²) in [6.07, 6.45) is 3.03. The van der Waals surface area contributed by atoms with Crippen molar-refractivity contribution in [3.8, 4) is 5.69 Å². The molecule has 1 aliphatic heterocycles. The predicted octanol–water partition coefficient (Wildman–Crippen LogP) is 5.96. The minimum atomic E-state index is -1.51. The lowest BCUT2D eigenvalue weighted by atomic mass is 9.72. The van der Waals surface area contributed by atoms with Gasteiger partial charge in [0.25, 0.3) is 0 Å². The first-order valence-electron chi connectivity index (χ1n) is 11.6. The number of nitrogens with zero attached hydrogens (tertiary/aromatic N) is 4. The van der Waals surface area contributed by atoms with Crippen molar-refractivity contribution < 1.29 is 8.78 Å². The molecular weight excluding hydrogens is 430 g/mol. The van der Waals surface area contributed by atoms with Crippen molar-refractivity contribution in [2.75, 3.05) is 13.1 Å². The molecular formula is C28H28F2N4. The number of rotatable bonds is 7. The van der Waals surface area contributed by atoms with Crippen LogP contribution in [0.1, 0.15) is 42.5 Å². The zero-order valence-electron chi connectivity index (χ0n) is 19.4. The third-order valence-corrected chi connectivity index (χ3v) is 6.73. The maximum Gasteiger partial charge on any atom is 0.125 e. The van der Waals surface area contributed by atoms with Gasteiger partial charge in [0, 0.05) is 19.0 Å². The van der Waals surface area contributed by atoms with Crippen LogP contribution in [-0.4, -0.2) is 38.4 Å². The quantitative estimate of drug-likeness (QED) is 0.343. The highest BCUT2D eigenvalue weighted by atomic mass is 19.1. The molecule has 1 unspecified atom stereocenters. The van der Waals surface area contributed by atoms with E-state index in [2.05, 4.69) is 63.6 Å². The lowest BCUT2D eigenvalue weighted by Crippen LogP contribution is -2.53. The molecule has 34 heavy (non-hydrogen) atoms. The second-order valence-electron chi connectivity index (χ2n) is 9.59. The molecule has 0 radical (unpaired) electrons. The van der Waals surface area contributed by atoms with Gasteiger partial charge in [-0.2, -0.15) is 0 Å². The third kappa shape index (κ3) is 4.50. The maximum absolute atomic E-state index is 15.6. The summed E-state index contributed by atoms with van der Waals surface area (Å²) in [5.41, 5.74) is 2.17.